The van der Waals surface area contributed by atoms with E-state index in [2.05, 4.69) is 43.4 Å². The first kappa shape index (κ1) is 12.1. The third-order valence-electron chi connectivity index (χ3n) is 4.05. The van der Waals surface area contributed by atoms with E-state index in [1.807, 2.05) is 7.05 Å². The number of hydrogen-bond donors (Lipinski definition) is 1. The zero-order chi connectivity index (χ0) is 12.5. The van der Waals surface area contributed by atoms with Crippen LogP contribution in [0.3, 0.4) is 0 Å². The smallest absolute Gasteiger partial charge is 0.0768 e. The Labute approximate surface area is 104 Å². The zero-order valence-corrected chi connectivity index (χ0v) is 10.9. The van der Waals surface area contributed by atoms with Crippen LogP contribution >= 0.6 is 0 Å². The normalized spacial score (nSPS) is 19.2. The van der Waals surface area contributed by atoms with Crippen LogP contribution in [-0.2, 0) is 0 Å². The van der Waals surface area contributed by atoms with Gasteiger partial charge in [0.05, 0.1) is 17.5 Å². The van der Waals surface area contributed by atoms with Crippen molar-refractivity contribution in [2.45, 2.75) is 39.2 Å². The fourth-order valence-corrected chi connectivity index (χ4v) is 2.90. The summed E-state index contributed by atoms with van der Waals surface area (Å²) in [6.07, 6.45) is 3.21. The number of nitriles is 1. The van der Waals surface area contributed by atoms with E-state index in [0.717, 1.165) is 12.8 Å². The van der Waals surface area contributed by atoms with Crippen molar-refractivity contribution < 1.29 is 0 Å². The third-order valence-corrected chi connectivity index (χ3v) is 4.05. The molecule has 1 saturated carbocycles. The van der Waals surface area contributed by atoms with Crippen LogP contribution in [0.15, 0.2) is 18.2 Å². The molecule has 0 radical (unpaired) electrons. The molecule has 0 saturated heterocycles. The Hall–Kier alpha value is -1.33. The van der Waals surface area contributed by atoms with Gasteiger partial charge in [-0.3, -0.25) is 0 Å². The predicted molar refractivity (Wildman–Crippen MR) is 69.6 cm³/mol. The predicted octanol–water partition coefficient (Wildman–Crippen LogP) is 3.26. The molecule has 0 amide bonds. The van der Waals surface area contributed by atoms with Gasteiger partial charge in [-0.15, -0.1) is 0 Å². The second-order valence-electron chi connectivity index (χ2n) is 5.20. The van der Waals surface area contributed by atoms with Crippen LogP contribution in [0.4, 0.5) is 0 Å². The topological polar surface area (TPSA) is 35.8 Å². The van der Waals surface area contributed by atoms with Gasteiger partial charge in [0, 0.05) is 0 Å². The Morgan fingerprint density at radius 3 is 2.47 bits per heavy atom. The van der Waals surface area contributed by atoms with E-state index in [0.29, 0.717) is 0 Å². The minimum absolute atomic E-state index is 0.168. The molecule has 2 heteroatoms. The fourth-order valence-electron chi connectivity index (χ4n) is 2.90. The van der Waals surface area contributed by atoms with Gasteiger partial charge in [-0.2, -0.15) is 5.26 Å². The van der Waals surface area contributed by atoms with Crippen LogP contribution in [0, 0.1) is 30.6 Å². The number of hydrogen-bond acceptors (Lipinski definition) is 2. The molecule has 0 aromatic heterocycles. The van der Waals surface area contributed by atoms with Crippen LogP contribution in [0.1, 0.15) is 42.0 Å². The monoisotopic (exact) mass is 228 g/mol. The van der Waals surface area contributed by atoms with Gasteiger partial charge in [0.25, 0.3) is 0 Å². The number of nitrogens with one attached hydrogen (secondary N) is 1. The summed E-state index contributed by atoms with van der Waals surface area (Å²) in [6.45, 7) is 4.24. The van der Waals surface area contributed by atoms with Gasteiger partial charge in [0.1, 0.15) is 0 Å². The summed E-state index contributed by atoms with van der Waals surface area (Å²) >= 11 is 0. The minimum atomic E-state index is -0.186. The van der Waals surface area contributed by atoms with E-state index in [1.165, 1.54) is 23.1 Å². The quantitative estimate of drug-likeness (QED) is 0.862. The summed E-state index contributed by atoms with van der Waals surface area (Å²) in [6, 6.07) is 9.22. The van der Waals surface area contributed by atoms with Crippen molar-refractivity contribution in [2.75, 3.05) is 7.05 Å². The highest BCUT2D eigenvalue weighted by atomic mass is 14.9. The van der Waals surface area contributed by atoms with E-state index in [4.69, 9.17) is 0 Å². The molecule has 2 rings (SSSR count). The highest BCUT2D eigenvalue weighted by molar-refractivity contribution is 5.36. The van der Waals surface area contributed by atoms with E-state index < -0.39 is 0 Å². The van der Waals surface area contributed by atoms with E-state index in [9.17, 15) is 5.26 Å². The van der Waals surface area contributed by atoms with Gasteiger partial charge in [0.2, 0.25) is 0 Å². The minimum Gasteiger partial charge on any atom is -0.312 e. The zero-order valence-electron chi connectivity index (χ0n) is 10.9. The maximum absolute atomic E-state index is 9.45. The molecule has 1 fully saturated rings. The second kappa shape index (κ2) is 4.50. The molecule has 17 heavy (non-hydrogen) atoms. The standard InChI is InChI=1S/C15H20N2/c1-11-5-6-13(12(2)9-11)14(17-3)15(10-16)7-4-8-15/h5-6,9,14,17H,4,7-8H2,1-3H3. The van der Waals surface area contributed by atoms with Crippen molar-refractivity contribution in [1.82, 2.24) is 5.32 Å². The fraction of sp³-hybridized carbons (Fsp3) is 0.533. The van der Waals surface area contributed by atoms with Crippen molar-refractivity contribution in [3.05, 3.63) is 34.9 Å². The second-order valence-corrected chi connectivity index (χ2v) is 5.20. The van der Waals surface area contributed by atoms with Gasteiger partial charge >= 0.3 is 0 Å². The Morgan fingerprint density at radius 1 is 1.35 bits per heavy atom. The third kappa shape index (κ3) is 1.96. The lowest BCUT2D eigenvalue weighted by atomic mass is 9.63. The van der Waals surface area contributed by atoms with Crippen LogP contribution in [0.2, 0.25) is 0 Å². The van der Waals surface area contributed by atoms with Crippen LogP contribution < -0.4 is 5.32 Å². The molecular weight excluding hydrogens is 208 g/mol. The molecule has 90 valence electrons. The summed E-state index contributed by atoms with van der Waals surface area (Å²) in [5.41, 5.74) is 3.65. The first-order valence-corrected chi connectivity index (χ1v) is 6.28. The Bertz CT molecular complexity index is 452. The lowest BCUT2D eigenvalue weighted by Gasteiger charge is -2.42. The number of benzene rings is 1. The van der Waals surface area contributed by atoms with Crippen LogP contribution in [0.25, 0.3) is 0 Å². The molecule has 0 aliphatic heterocycles. The Balaban J connectivity index is 2.39. The summed E-state index contributed by atoms with van der Waals surface area (Å²) in [4.78, 5) is 0. The highest BCUT2D eigenvalue weighted by Crippen LogP contribution is 2.50. The van der Waals surface area contributed by atoms with Crippen molar-refractivity contribution in [3.63, 3.8) is 0 Å². The Kier molecular flexibility index (Phi) is 3.22. The van der Waals surface area contributed by atoms with Crippen LogP contribution in [-0.4, -0.2) is 7.05 Å². The van der Waals surface area contributed by atoms with Crippen molar-refractivity contribution in [1.29, 1.82) is 5.26 Å². The van der Waals surface area contributed by atoms with Crippen molar-refractivity contribution in [2.24, 2.45) is 5.41 Å². The number of aryl methyl sites for hydroxylation is 2. The number of rotatable bonds is 3. The number of nitrogens with zero attached hydrogens (tertiary/aromatic N) is 1. The SMILES string of the molecule is CNC(c1ccc(C)cc1C)C1(C#N)CCC1. The summed E-state index contributed by atoms with van der Waals surface area (Å²) in [5, 5.41) is 12.8. The molecule has 1 aliphatic carbocycles. The molecule has 0 bridgehead atoms. The average Bonchev–Trinajstić information content (AvgIpc) is 2.24. The molecule has 2 nitrogen and oxygen atoms in total. The van der Waals surface area contributed by atoms with Gasteiger partial charge in [-0.25, -0.2) is 0 Å². The largest absolute Gasteiger partial charge is 0.312 e. The molecule has 0 heterocycles. The first-order valence-electron chi connectivity index (χ1n) is 6.28. The van der Waals surface area contributed by atoms with E-state index >= 15 is 0 Å². The van der Waals surface area contributed by atoms with Gasteiger partial charge < -0.3 is 5.32 Å². The summed E-state index contributed by atoms with van der Waals surface area (Å²) < 4.78 is 0. The van der Waals surface area contributed by atoms with Crippen molar-refractivity contribution >= 4 is 0 Å². The van der Waals surface area contributed by atoms with Gasteiger partial charge in [-0.05, 0) is 44.9 Å². The van der Waals surface area contributed by atoms with Crippen molar-refractivity contribution in [3.8, 4) is 6.07 Å². The molecule has 1 N–H and O–H groups in total. The molecule has 1 aromatic rings. The molecule has 1 unspecified atom stereocenters. The molecule has 1 aliphatic rings. The van der Waals surface area contributed by atoms with E-state index in [-0.39, 0.29) is 11.5 Å². The lowest BCUT2D eigenvalue weighted by molar-refractivity contribution is 0.148. The lowest BCUT2D eigenvalue weighted by Crippen LogP contribution is -2.41. The maximum atomic E-state index is 9.45. The van der Waals surface area contributed by atoms with Crippen LogP contribution in [0.5, 0.6) is 0 Å². The average molecular weight is 228 g/mol. The molecule has 0 spiro atoms. The van der Waals surface area contributed by atoms with Gasteiger partial charge in [-0.1, -0.05) is 30.2 Å². The Morgan fingerprint density at radius 2 is 2.06 bits per heavy atom. The summed E-state index contributed by atoms with van der Waals surface area (Å²) in [5.74, 6) is 0. The molecular formula is C15H20N2. The van der Waals surface area contributed by atoms with Gasteiger partial charge in [0.15, 0.2) is 0 Å². The molecule has 1 atom stereocenters. The molecule has 1 aromatic carbocycles. The maximum Gasteiger partial charge on any atom is 0.0768 e. The highest BCUT2D eigenvalue weighted by Gasteiger charge is 2.45. The summed E-state index contributed by atoms with van der Waals surface area (Å²) in [7, 11) is 1.96. The first-order chi connectivity index (χ1) is 8.13. The van der Waals surface area contributed by atoms with E-state index in [1.54, 1.807) is 0 Å².